The molecule has 8 nitrogen and oxygen atoms in total. The first kappa shape index (κ1) is 20.5. The zero-order valence-electron chi connectivity index (χ0n) is 14.4. The fourth-order valence-corrected chi connectivity index (χ4v) is 3.36. The molecule has 27 heavy (non-hydrogen) atoms. The molecule has 0 fully saturated rings. The van der Waals surface area contributed by atoms with Crippen molar-refractivity contribution in [2.24, 2.45) is 0 Å². The minimum atomic E-state index is -0.801. The van der Waals surface area contributed by atoms with E-state index in [9.17, 15) is 24.5 Å². The van der Waals surface area contributed by atoms with Gasteiger partial charge in [-0.15, -0.1) is 11.3 Å². The molecule has 0 saturated carbocycles. The normalized spacial score (nSPS) is 10.3. The largest absolute Gasteiger partial charge is 0.456 e. The summed E-state index contributed by atoms with van der Waals surface area (Å²) in [5.41, 5.74) is 0.0566. The van der Waals surface area contributed by atoms with E-state index in [2.05, 4.69) is 5.32 Å². The first-order valence-corrected chi connectivity index (χ1v) is 8.86. The van der Waals surface area contributed by atoms with Gasteiger partial charge in [0, 0.05) is 26.9 Å². The number of nitro benzene ring substituents is 1. The van der Waals surface area contributed by atoms with Gasteiger partial charge in [0.15, 0.2) is 6.61 Å². The van der Waals surface area contributed by atoms with Crippen LogP contribution < -0.4 is 5.32 Å². The Morgan fingerprint density at radius 3 is 2.56 bits per heavy atom. The molecule has 0 spiro atoms. The van der Waals surface area contributed by atoms with Crippen LogP contribution in [0.2, 0.25) is 5.02 Å². The Bertz CT molecular complexity index is 924. The standard InChI is InChI=1S/C17H15ClN2O6S/c1-9-5-12(10(2)27-9)15(21)8-26-16(22)7-19-17(23)11-3-4-13(18)14(6-11)20(24)25/h3-6H,7-8H2,1-2H3,(H,19,23). The number of halogens is 1. The van der Waals surface area contributed by atoms with Gasteiger partial charge in [-0.2, -0.15) is 0 Å². The Balaban J connectivity index is 1.87. The predicted octanol–water partition coefficient (Wildman–Crippen LogP) is 3.08. The summed E-state index contributed by atoms with van der Waals surface area (Å²) in [4.78, 5) is 47.7. The molecule has 1 aromatic carbocycles. The number of nitrogens with one attached hydrogen (secondary N) is 1. The summed E-state index contributed by atoms with van der Waals surface area (Å²) in [5.74, 6) is -1.84. The molecule has 1 amide bonds. The Kier molecular flexibility index (Phi) is 6.65. The average Bonchev–Trinajstić information content (AvgIpc) is 2.96. The zero-order chi connectivity index (χ0) is 20.1. The number of carbonyl (C=O) groups excluding carboxylic acids is 3. The lowest BCUT2D eigenvalue weighted by Gasteiger charge is -2.06. The molecule has 10 heteroatoms. The highest BCUT2D eigenvalue weighted by Crippen LogP contribution is 2.25. The molecule has 0 atom stereocenters. The van der Waals surface area contributed by atoms with Gasteiger partial charge in [0.1, 0.15) is 11.6 Å². The van der Waals surface area contributed by atoms with E-state index in [-0.39, 0.29) is 16.4 Å². The van der Waals surface area contributed by atoms with E-state index < -0.39 is 35.6 Å². The van der Waals surface area contributed by atoms with Crippen LogP contribution >= 0.6 is 22.9 Å². The summed E-state index contributed by atoms with van der Waals surface area (Å²) in [5, 5.41) is 13.0. The van der Waals surface area contributed by atoms with Gasteiger partial charge in [0.05, 0.1) is 4.92 Å². The van der Waals surface area contributed by atoms with Crippen LogP contribution in [-0.2, 0) is 9.53 Å². The molecule has 0 saturated heterocycles. The van der Waals surface area contributed by atoms with Crippen molar-refractivity contribution in [3.05, 3.63) is 60.3 Å². The van der Waals surface area contributed by atoms with Crippen LogP contribution in [0, 0.1) is 24.0 Å². The van der Waals surface area contributed by atoms with Crippen LogP contribution in [0.1, 0.15) is 30.5 Å². The Hall–Kier alpha value is -2.78. The number of ketones is 1. The maximum atomic E-state index is 12.0. The molecule has 1 N–H and O–H groups in total. The highest BCUT2D eigenvalue weighted by Gasteiger charge is 2.18. The summed E-state index contributed by atoms with van der Waals surface area (Å²) < 4.78 is 4.86. The summed E-state index contributed by atoms with van der Waals surface area (Å²) in [6.45, 7) is 2.76. The minimum absolute atomic E-state index is 0.0284. The van der Waals surface area contributed by atoms with Gasteiger partial charge in [0.2, 0.25) is 5.78 Å². The van der Waals surface area contributed by atoms with E-state index in [1.54, 1.807) is 13.0 Å². The van der Waals surface area contributed by atoms with Gasteiger partial charge in [-0.05, 0) is 32.0 Å². The monoisotopic (exact) mass is 410 g/mol. The Labute approximate surface area is 163 Å². The molecule has 142 valence electrons. The third-order valence-corrected chi connectivity index (χ3v) is 4.79. The number of Topliss-reactive ketones (excluding diaryl/α,β-unsaturated/α-hetero) is 1. The van der Waals surface area contributed by atoms with Crippen LogP contribution in [0.25, 0.3) is 0 Å². The summed E-state index contributed by atoms with van der Waals surface area (Å²) in [6.07, 6.45) is 0. The number of hydrogen-bond donors (Lipinski definition) is 1. The van der Waals surface area contributed by atoms with E-state index in [0.29, 0.717) is 5.56 Å². The molecular weight excluding hydrogens is 396 g/mol. The molecule has 1 aromatic heterocycles. The summed E-state index contributed by atoms with van der Waals surface area (Å²) in [6, 6.07) is 5.25. The van der Waals surface area contributed by atoms with Gasteiger partial charge in [-0.1, -0.05) is 11.6 Å². The van der Waals surface area contributed by atoms with Crippen molar-refractivity contribution in [1.29, 1.82) is 0 Å². The molecule has 2 aromatic rings. The first-order chi connectivity index (χ1) is 12.7. The van der Waals surface area contributed by atoms with E-state index in [0.717, 1.165) is 15.8 Å². The zero-order valence-corrected chi connectivity index (χ0v) is 16.0. The number of benzene rings is 1. The van der Waals surface area contributed by atoms with E-state index in [1.807, 2.05) is 6.92 Å². The number of rotatable bonds is 7. The SMILES string of the molecule is Cc1cc(C(=O)COC(=O)CNC(=O)c2ccc(Cl)c([N+](=O)[O-])c2)c(C)s1. The van der Waals surface area contributed by atoms with Crippen LogP contribution in [0.3, 0.4) is 0 Å². The maximum absolute atomic E-state index is 12.0. The fraction of sp³-hybridized carbons (Fsp3) is 0.235. The van der Waals surface area contributed by atoms with Crippen LogP contribution in [0.4, 0.5) is 5.69 Å². The summed E-state index contributed by atoms with van der Waals surface area (Å²) >= 11 is 7.15. The lowest BCUT2D eigenvalue weighted by molar-refractivity contribution is -0.384. The van der Waals surface area contributed by atoms with Crippen molar-refractivity contribution in [1.82, 2.24) is 5.32 Å². The molecule has 0 bridgehead atoms. The first-order valence-electron chi connectivity index (χ1n) is 7.67. The van der Waals surface area contributed by atoms with E-state index in [4.69, 9.17) is 16.3 Å². The third kappa shape index (κ3) is 5.35. The van der Waals surface area contributed by atoms with Crippen molar-refractivity contribution in [2.45, 2.75) is 13.8 Å². The highest BCUT2D eigenvalue weighted by molar-refractivity contribution is 7.12. The predicted molar refractivity (Wildman–Crippen MR) is 99.5 cm³/mol. The number of nitrogens with zero attached hydrogens (tertiary/aromatic N) is 1. The number of ether oxygens (including phenoxy) is 1. The molecule has 1 heterocycles. The quantitative estimate of drug-likeness (QED) is 0.324. The van der Waals surface area contributed by atoms with Crippen molar-refractivity contribution in [2.75, 3.05) is 13.2 Å². The molecule has 0 aliphatic carbocycles. The number of hydrogen-bond acceptors (Lipinski definition) is 7. The van der Waals surface area contributed by atoms with Gasteiger partial charge in [-0.3, -0.25) is 24.5 Å². The van der Waals surface area contributed by atoms with Crippen LogP contribution in [-0.4, -0.2) is 35.7 Å². The van der Waals surface area contributed by atoms with E-state index >= 15 is 0 Å². The highest BCUT2D eigenvalue weighted by atomic mass is 35.5. The maximum Gasteiger partial charge on any atom is 0.325 e. The molecule has 0 aliphatic rings. The number of aryl methyl sites for hydroxylation is 2. The molecule has 2 rings (SSSR count). The Morgan fingerprint density at radius 1 is 1.26 bits per heavy atom. The van der Waals surface area contributed by atoms with Crippen LogP contribution in [0.5, 0.6) is 0 Å². The second-order valence-corrected chi connectivity index (χ2v) is 7.38. The fourth-order valence-electron chi connectivity index (χ4n) is 2.23. The number of thiophene rings is 1. The molecular formula is C17H15ClN2O6S. The van der Waals surface area contributed by atoms with Gasteiger partial charge >= 0.3 is 5.97 Å². The Morgan fingerprint density at radius 2 is 1.96 bits per heavy atom. The van der Waals surface area contributed by atoms with Crippen molar-refractivity contribution in [3.8, 4) is 0 Å². The lowest BCUT2D eigenvalue weighted by atomic mass is 10.2. The molecule has 0 unspecified atom stereocenters. The number of amides is 1. The average molecular weight is 411 g/mol. The number of nitro groups is 1. The van der Waals surface area contributed by atoms with Gasteiger partial charge < -0.3 is 10.1 Å². The van der Waals surface area contributed by atoms with Crippen LogP contribution in [0.15, 0.2) is 24.3 Å². The summed E-state index contributed by atoms with van der Waals surface area (Å²) in [7, 11) is 0. The smallest absolute Gasteiger partial charge is 0.325 e. The molecule has 0 radical (unpaired) electrons. The third-order valence-electron chi connectivity index (χ3n) is 3.50. The second kappa shape index (κ2) is 8.74. The van der Waals surface area contributed by atoms with E-state index in [1.165, 1.54) is 23.5 Å². The topological polar surface area (TPSA) is 116 Å². The van der Waals surface area contributed by atoms with Crippen molar-refractivity contribution in [3.63, 3.8) is 0 Å². The lowest BCUT2D eigenvalue weighted by Crippen LogP contribution is -2.31. The molecule has 0 aliphatic heterocycles. The minimum Gasteiger partial charge on any atom is -0.456 e. The van der Waals surface area contributed by atoms with Crippen molar-refractivity contribution < 1.29 is 24.0 Å². The number of carbonyl (C=O) groups is 3. The number of esters is 1. The van der Waals surface area contributed by atoms with Gasteiger partial charge in [0.25, 0.3) is 11.6 Å². The second-order valence-electron chi connectivity index (χ2n) is 5.52. The van der Waals surface area contributed by atoms with Crippen molar-refractivity contribution >= 4 is 46.3 Å². The van der Waals surface area contributed by atoms with Gasteiger partial charge in [-0.25, -0.2) is 0 Å².